The fourth-order valence-corrected chi connectivity index (χ4v) is 5.49. The van der Waals surface area contributed by atoms with Gasteiger partial charge in [0.2, 0.25) is 11.8 Å². The van der Waals surface area contributed by atoms with Gasteiger partial charge in [0.05, 0.1) is 31.0 Å². The number of carbonyl (C=O) groups is 3. The highest BCUT2D eigenvalue weighted by atomic mass is 19.1. The van der Waals surface area contributed by atoms with Crippen molar-refractivity contribution in [3.8, 4) is 5.75 Å². The van der Waals surface area contributed by atoms with Gasteiger partial charge in [-0.25, -0.2) is 23.6 Å². The molecule has 0 saturated carbocycles. The summed E-state index contributed by atoms with van der Waals surface area (Å²) < 4.78 is 28.8. The van der Waals surface area contributed by atoms with E-state index in [2.05, 4.69) is 16.9 Å². The van der Waals surface area contributed by atoms with E-state index < -0.39 is 41.7 Å². The Bertz CT molecular complexity index is 1540. The molecule has 3 aromatic rings. The Labute approximate surface area is 247 Å². The molecule has 0 unspecified atom stereocenters. The number of phenolic OH excluding ortho intramolecular Hbond substituents is 1. The van der Waals surface area contributed by atoms with E-state index in [1.165, 1.54) is 46.0 Å². The molecule has 3 heterocycles. The van der Waals surface area contributed by atoms with Crippen molar-refractivity contribution in [3.63, 3.8) is 0 Å². The summed E-state index contributed by atoms with van der Waals surface area (Å²) in [6.07, 6.45) is 0.433. The highest BCUT2D eigenvalue weighted by Gasteiger charge is 2.51. The average molecular weight is 591 g/mol. The molecular formula is C31H32F2N6O4. The zero-order valence-electron chi connectivity index (χ0n) is 23.6. The molecule has 0 bridgehead atoms. The monoisotopic (exact) mass is 590 g/mol. The van der Waals surface area contributed by atoms with Crippen LogP contribution >= 0.6 is 0 Å². The number of hydrazine groups is 1. The predicted octanol–water partition coefficient (Wildman–Crippen LogP) is 3.11. The minimum Gasteiger partial charge on any atom is -0.508 e. The van der Waals surface area contributed by atoms with E-state index in [0.717, 1.165) is 11.6 Å². The first-order chi connectivity index (χ1) is 20.7. The molecule has 0 spiro atoms. The van der Waals surface area contributed by atoms with E-state index in [4.69, 9.17) is 0 Å². The van der Waals surface area contributed by atoms with Crippen LogP contribution in [-0.4, -0.2) is 79.6 Å². The van der Waals surface area contributed by atoms with Gasteiger partial charge in [0.15, 0.2) is 0 Å². The van der Waals surface area contributed by atoms with E-state index in [9.17, 15) is 28.3 Å². The molecule has 2 aliphatic rings. The summed E-state index contributed by atoms with van der Waals surface area (Å²) in [5.74, 6) is -2.37. The number of rotatable bonds is 8. The summed E-state index contributed by atoms with van der Waals surface area (Å²) in [4.78, 5) is 48.4. The number of phenols is 1. The van der Waals surface area contributed by atoms with Gasteiger partial charge in [0, 0.05) is 25.6 Å². The largest absolute Gasteiger partial charge is 0.508 e. The molecule has 0 aliphatic carbocycles. The summed E-state index contributed by atoms with van der Waals surface area (Å²) in [7, 11) is 0. The topological polar surface area (TPSA) is 109 Å². The Hall–Kier alpha value is -4.84. The van der Waals surface area contributed by atoms with Crippen LogP contribution in [0.1, 0.15) is 22.5 Å². The zero-order chi connectivity index (χ0) is 30.7. The lowest BCUT2D eigenvalue weighted by Gasteiger charge is -2.55. The van der Waals surface area contributed by atoms with Crippen LogP contribution < -0.4 is 5.32 Å². The second kappa shape index (κ2) is 12.6. The second-order valence-corrected chi connectivity index (χ2v) is 10.5. The summed E-state index contributed by atoms with van der Waals surface area (Å²) in [6, 6.07) is 14.0. The molecule has 2 atom stereocenters. The van der Waals surface area contributed by atoms with E-state index in [0.29, 0.717) is 5.69 Å². The van der Waals surface area contributed by atoms with Crippen LogP contribution in [0, 0.1) is 18.6 Å². The van der Waals surface area contributed by atoms with Crippen molar-refractivity contribution in [1.29, 1.82) is 0 Å². The Kier molecular flexibility index (Phi) is 8.67. The molecule has 2 saturated heterocycles. The molecule has 2 fully saturated rings. The number of hydrogen-bond donors (Lipinski definition) is 2. The highest BCUT2D eigenvalue weighted by molar-refractivity contribution is 5.91. The third-order valence-corrected chi connectivity index (χ3v) is 7.55. The number of benzene rings is 2. The molecule has 2 aromatic carbocycles. The van der Waals surface area contributed by atoms with E-state index in [1.807, 2.05) is 30.3 Å². The van der Waals surface area contributed by atoms with Crippen LogP contribution in [0.3, 0.4) is 0 Å². The van der Waals surface area contributed by atoms with Crippen molar-refractivity contribution in [1.82, 2.24) is 30.1 Å². The number of aryl methyl sites for hydroxylation is 1. The molecule has 10 nitrogen and oxygen atoms in total. The SMILES string of the molecule is C=CCN1CC(=O)N2[C@@H](Cc3ccc(O)cc3F)C(=O)N(Cc3ccc(F)c(C)n3)C[C@@H]2N1C(=O)NCc1ccccc1. The minimum absolute atomic E-state index is 0.0199. The second-order valence-electron chi connectivity index (χ2n) is 10.5. The Balaban J connectivity index is 1.52. The number of aromatic nitrogens is 1. The smallest absolute Gasteiger partial charge is 0.334 e. The maximum absolute atomic E-state index is 14.9. The Morgan fingerprint density at radius 2 is 1.88 bits per heavy atom. The van der Waals surface area contributed by atoms with Gasteiger partial charge in [-0.3, -0.25) is 14.6 Å². The van der Waals surface area contributed by atoms with Gasteiger partial charge in [-0.15, -0.1) is 6.58 Å². The molecule has 5 rings (SSSR count). The van der Waals surface area contributed by atoms with Crippen LogP contribution in [0.15, 0.2) is 73.3 Å². The molecule has 0 radical (unpaired) electrons. The number of nitrogens with zero attached hydrogens (tertiary/aromatic N) is 5. The molecule has 1 aromatic heterocycles. The van der Waals surface area contributed by atoms with E-state index >= 15 is 0 Å². The number of hydrogen-bond acceptors (Lipinski definition) is 6. The fourth-order valence-electron chi connectivity index (χ4n) is 5.49. The molecular weight excluding hydrogens is 558 g/mol. The number of carbonyl (C=O) groups excluding carboxylic acids is 3. The third kappa shape index (κ3) is 6.33. The summed E-state index contributed by atoms with van der Waals surface area (Å²) in [5.41, 5.74) is 1.57. The maximum atomic E-state index is 14.9. The summed E-state index contributed by atoms with van der Waals surface area (Å²) in [6.45, 7) is 5.39. The van der Waals surface area contributed by atoms with Crippen LogP contribution in [0.25, 0.3) is 0 Å². The van der Waals surface area contributed by atoms with Crippen molar-refractivity contribution in [2.75, 3.05) is 19.6 Å². The molecule has 2 aliphatic heterocycles. The van der Waals surface area contributed by atoms with Crippen LogP contribution in [0.5, 0.6) is 5.75 Å². The van der Waals surface area contributed by atoms with Crippen molar-refractivity contribution in [3.05, 3.63) is 107 Å². The Morgan fingerprint density at radius 1 is 1.12 bits per heavy atom. The third-order valence-electron chi connectivity index (χ3n) is 7.55. The van der Waals surface area contributed by atoms with Crippen molar-refractivity contribution in [2.24, 2.45) is 0 Å². The van der Waals surface area contributed by atoms with Crippen molar-refractivity contribution < 1.29 is 28.3 Å². The van der Waals surface area contributed by atoms with Gasteiger partial charge in [-0.1, -0.05) is 42.5 Å². The quantitative estimate of drug-likeness (QED) is 0.391. The molecule has 12 heteroatoms. The van der Waals surface area contributed by atoms with E-state index in [1.54, 1.807) is 11.1 Å². The molecule has 4 amide bonds. The standard InChI is InChI=1S/C31H32F2N6O4/c1-3-13-37-19-29(41)38-27(14-22-9-11-24(40)15-26(22)33)30(42)36(17-23-10-12-25(32)20(2)35-23)18-28(38)39(37)31(43)34-16-21-7-5-4-6-8-21/h3-12,15,27-28,40H,1,13-14,16-19H2,2H3,(H,34,43)/t27-,28-/m0/s1. The average Bonchev–Trinajstić information content (AvgIpc) is 2.98. The number of urea groups is 1. The first-order valence-corrected chi connectivity index (χ1v) is 13.8. The summed E-state index contributed by atoms with van der Waals surface area (Å²) in [5, 5.41) is 15.6. The fraction of sp³-hybridized carbons (Fsp3) is 0.290. The number of fused-ring (bicyclic) bond motifs is 1. The lowest BCUT2D eigenvalue weighted by atomic mass is 9.98. The number of pyridine rings is 1. The van der Waals surface area contributed by atoms with Crippen molar-refractivity contribution in [2.45, 2.75) is 38.6 Å². The zero-order valence-corrected chi connectivity index (χ0v) is 23.6. The molecule has 224 valence electrons. The van der Waals surface area contributed by atoms with Gasteiger partial charge in [-0.2, -0.15) is 0 Å². The maximum Gasteiger partial charge on any atom is 0.334 e. The molecule has 43 heavy (non-hydrogen) atoms. The van der Waals surface area contributed by atoms with Gasteiger partial charge < -0.3 is 20.2 Å². The number of nitrogens with one attached hydrogen (secondary N) is 1. The van der Waals surface area contributed by atoms with Crippen molar-refractivity contribution >= 4 is 17.8 Å². The number of aromatic hydroxyl groups is 1. The highest BCUT2D eigenvalue weighted by Crippen LogP contribution is 2.30. The minimum atomic E-state index is -1.16. The van der Waals surface area contributed by atoms with Gasteiger partial charge in [0.25, 0.3) is 0 Å². The first-order valence-electron chi connectivity index (χ1n) is 13.8. The lowest BCUT2D eigenvalue weighted by molar-refractivity contribution is -0.189. The normalized spacial score (nSPS) is 18.9. The van der Waals surface area contributed by atoms with Gasteiger partial charge in [-0.05, 0) is 36.2 Å². The molecule has 2 N–H and O–H groups in total. The van der Waals surface area contributed by atoms with Gasteiger partial charge in [0.1, 0.15) is 29.6 Å². The van der Waals surface area contributed by atoms with Gasteiger partial charge >= 0.3 is 6.03 Å². The van der Waals surface area contributed by atoms with E-state index in [-0.39, 0.29) is 56.2 Å². The number of amides is 4. The predicted molar refractivity (Wildman–Crippen MR) is 153 cm³/mol. The number of halogens is 2. The Morgan fingerprint density at radius 3 is 2.58 bits per heavy atom. The van der Waals surface area contributed by atoms with Crippen LogP contribution in [0.2, 0.25) is 0 Å². The summed E-state index contributed by atoms with van der Waals surface area (Å²) >= 11 is 0. The van der Waals surface area contributed by atoms with Crippen LogP contribution in [0.4, 0.5) is 13.6 Å². The first kappa shape index (κ1) is 29.6. The van der Waals surface area contributed by atoms with Crippen LogP contribution in [-0.2, 0) is 29.1 Å². The number of piperazine rings is 1. The lowest BCUT2D eigenvalue weighted by Crippen LogP contribution is -2.76.